The molecule has 1 amide bonds. The number of anilines is 2. The minimum Gasteiger partial charge on any atom is -0.363 e. The number of halogens is 2. The molecular formula is C10H8Br2N4OS. The van der Waals surface area contributed by atoms with E-state index < -0.39 is 0 Å². The van der Waals surface area contributed by atoms with Crippen molar-refractivity contribution >= 4 is 59.9 Å². The molecule has 0 aliphatic carbocycles. The molecule has 0 saturated carbocycles. The van der Waals surface area contributed by atoms with Gasteiger partial charge in [-0.25, -0.2) is 0 Å². The third kappa shape index (κ3) is 3.06. The van der Waals surface area contributed by atoms with Crippen molar-refractivity contribution < 1.29 is 4.79 Å². The van der Waals surface area contributed by atoms with Crippen LogP contribution in [0.15, 0.2) is 27.1 Å². The van der Waals surface area contributed by atoms with Crippen LogP contribution in [0.25, 0.3) is 0 Å². The highest BCUT2D eigenvalue weighted by atomic mass is 79.9. The molecule has 8 heteroatoms. The summed E-state index contributed by atoms with van der Waals surface area (Å²) in [5.41, 5.74) is 0.676. The number of hydrogen-bond acceptors (Lipinski definition) is 5. The Morgan fingerprint density at radius 3 is 2.78 bits per heavy atom. The van der Waals surface area contributed by atoms with Crippen LogP contribution in [0.5, 0.6) is 0 Å². The Kier molecular flexibility index (Phi) is 4.31. The Morgan fingerprint density at radius 1 is 1.33 bits per heavy atom. The van der Waals surface area contributed by atoms with Crippen molar-refractivity contribution in [2.75, 3.05) is 17.7 Å². The van der Waals surface area contributed by atoms with E-state index in [-0.39, 0.29) is 5.91 Å². The van der Waals surface area contributed by atoms with Gasteiger partial charge in [-0.15, -0.1) is 10.2 Å². The largest absolute Gasteiger partial charge is 0.363 e. The molecule has 0 atom stereocenters. The lowest BCUT2D eigenvalue weighted by Crippen LogP contribution is -2.12. The molecule has 2 N–H and O–H groups in total. The van der Waals surface area contributed by atoms with Crippen LogP contribution in [0.2, 0.25) is 0 Å². The van der Waals surface area contributed by atoms with E-state index in [9.17, 15) is 4.79 Å². The number of nitrogens with zero attached hydrogens (tertiary/aromatic N) is 2. The van der Waals surface area contributed by atoms with Crippen molar-refractivity contribution in [3.63, 3.8) is 0 Å². The summed E-state index contributed by atoms with van der Waals surface area (Å²) in [6, 6.07) is 5.53. The lowest BCUT2D eigenvalue weighted by Gasteiger charge is -2.05. The van der Waals surface area contributed by atoms with Gasteiger partial charge in [-0.1, -0.05) is 27.3 Å². The molecule has 1 heterocycles. The summed E-state index contributed by atoms with van der Waals surface area (Å²) in [5, 5.41) is 14.1. The van der Waals surface area contributed by atoms with Gasteiger partial charge in [-0.05, 0) is 34.1 Å². The Hall–Kier alpha value is -0.990. The molecule has 1 aromatic heterocycles. The number of nitrogens with one attached hydrogen (secondary N) is 2. The predicted molar refractivity (Wildman–Crippen MR) is 79.3 cm³/mol. The predicted octanol–water partition coefficient (Wildman–Crippen LogP) is 3.36. The Balaban J connectivity index is 2.18. The highest BCUT2D eigenvalue weighted by Gasteiger charge is 2.13. The first-order valence-electron chi connectivity index (χ1n) is 4.88. The van der Waals surface area contributed by atoms with Gasteiger partial charge in [0.2, 0.25) is 10.1 Å². The molecule has 0 spiro atoms. The molecule has 0 bridgehead atoms. The first-order chi connectivity index (χ1) is 8.60. The number of carbonyl (C=O) groups excluding carboxylic acids is 1. The summed E-state index contributed by atoms with van der Waals surface area (Å²) in [5.74, 6) is -0.284. The zero-order chi connectivity index (χ0) is 13.1. The van der Waals surface area contributed by atoms with E-state index in [4.69, 9.17) is 0 Å². The average molecular weight is 392 g/mol. The highest BCUT2D eigenvalue weighted by molar-refractivity contribution is 9.11. The molecule has 0 fully saturated rings. The van der Waals surface area contributed by atoms with E-state index in [0.717, 1.165) is 8.95 Å². The fraction of sp³-hybridized carbons (Fsp3) is 0.100. The molecular weight excluding hydrogens is 384 g/mol. The Labute approximate surface area is 124 Å². The van der Waals surface area contributed by atoms with Gasteiger partial charge in [-0.3, -0.25) is 4.79 Å². The van der Waals surface area contributed by atoms with Crippen LogP contribution in [-0.4, -0.2) is 23.2 Å². The Morgan fingerprint density at radius 2 is 2.11 bits per heavy atom. The van der Waals surface area contributed by atoms with E-state index in [1.54, 1.807) is 7.05 Å². The van der Waals surface area contributed by atoms with Crippen LogP contribution in [-0.2, 0) is 0 Å². The molecule has 0 aliphatic heterocycles. The molecule has 0 aliphatic rings. The van der Waals surface area contributed by atoms with Crippen LogP contribution in [0.1, 0.15) is 9.80 Å². The van der Waals surface area contributed by atoms with Gasteiger partial charge in [-0.2, -0.15) is 0 Å². The number of rotatable bonds is 3. The van der Waals surface area contributed by atoms with Crippen molar-refractivity contribution in [1.82, 2.24) is 10.2 Å². The SMILES string of the molecule is CNc1nnc(C(=O)Nc2cc(Br)ccc2Br)s1. The van der Waals surface area contributed by atoms with Crippen LogP contribution in [0.4, 0.5) is 10.8 Å². The number of amides is 1. The van der Waals surface area contributed by atoms with E-state index in [1.807, 2.05) is 18.2 Å². The van der Waals surface area contributed by atoms with Gasteiger partial charge in [0.15, 0.2) is 0 Å². The second-order valence-electron chi connectivity index (χ2n) is 3.24. The Bertz CT molecular complexity index is 587. The van der Waals surface area contributed by atoms with E-state index in [1.165, 1.54) is 11.3 Å². The quantitative estimate of drug-likeness (QED) is 0.841. The first-order valence-corrected chi connectivity index (χ1v) is 7.28. The molecule has 2 rings (SSSR count). The molecule has 5 nitrogen and oxygen atoms in total. The van der Waals surface area contributed by atoms with Gasteiger partial charge < -0.3 is 10.6 Å². The zero-order valence-electron chi connectivity index (χ0n) is 9.20. The second kappa shape index (κ2) is 5.77. The lowest BCUT2D eigenvalue weighted by atomic mass is 10.3. The summed E-state index contributed by atoms with van der Waals surface area (Å²) < 4.78 is 1.69. The van der Waals surface area contributed by atoms with Gasteiger partial charge in [0.05, 0.1) is 5.69 Å². The zero-order valence-corrected chi connectivity index (χ0v) is 13.2. The lowest BCUT2D eigenvalue weighted by molar-refractivity contribution is 0.102. The second-order valence-corrected chi connectivity index (χ2v) is 5.99. The molecule has 2 aromatic rings. The summed E-state index contributed by atoms with van der Waals surface area (Å²) in [6.07, 6.45) is 0. The summed E-state index contributed by atoms with van der Waals surface area (Å²) in [6.45, 7) is 0. The summed E-state index contributed by atoms with van der Waals surface area (Å²) in [4.78, 5) is 11.9. The monoisotopic (exact) mass is 390 g/mol. The van der Waals surface area contributed by atoms with Crippen molar-refractivity contribution in [3.8, 4) is 0 Å². The number of benzene rings is 1. The van der Waals surface area contributed by atoms with Crippen molar-refractivity contribution in [3.05, 3.63) is 32.2 Å². The average Bonchev–Trinajstić information content (AvgIpc) is 2.82. The fourth-order valence-electron chi connectivity index (χ4n) is 1.19. The first kappa shape index (κ1) is 13.4. The topological polar surface area (TPSA) is 66.9 Å². The number of aromatic nitrogens is 2. The van der Waals surface area contributed by atoms with Gasteiger partial charge in [0.1, 0.15) is 0 Å². The van der Waals surface area contributed by atoms with Crippen LogP contribution in [0, 0.1) is 0 Å². The van der Waals surface area contributed by atoms with Crippen LogP contribution >= 0.6 is 43.2 Å². The normalized spacial score (nSPS) is 10.2. The van der Waals surface area contributed by atoms with Gasteiger partial charge in [0, 0.05) is 16.0 Å². The fourth-order valence-corrected chi connectivity index (χ4v) is 2.48. The standard InChI is InChI=1S/C10H8Br2N4OS/c1-13-10-16-15-9(18-10)8(17)14-7-4-5(11)2-3-6(7)12/h2-4H,1H3,(H,13,16)(H,14,17). The molecule has 0 unspecified atom stereocenters. The smallest absolute Gasteiger partial charge is 0.286 e. The number of hydrogen-bond donors (Lipinski definition) is 2. The minimum absolute atomic E-state index is 0.284. The van der Waals surface area contributed by atoms with Crippen molar-refractivity contribution in [1.29, 1.82) is 0 Å². The highest BCUT2D eigenvalue weighted by Crippen LogP contribution is 2.27. The molecule has 94 valence electrons. The van der Waals surface area contributed by atoms with Crippen molar-refractivity contribution in [2.45, 2.75) is 0 Å². The minimum atomic E-state index is -0.284. The van der Waals surface area contributed by atoms with E-state index >= 15 is 0 Å². The third-order valence-electron chi connectivity index (χ3n) is 2.01. The number of carbonyl (C=O) groups is 1. The van der Waals surface area contributed by atoms with Crippen molar-refractivity contribution in [2.24, 2.45) is 0 Å². The maximum Gasteiger partial charge on any atom is 0.286 e. The molecule has 1 aromatic carbocycles. The van der Waals surface area contributed by atoms with Gasteiger partial charge in [0.25, 0.3) is 5.91 Å². The van der Waals surface area contributed by atoms with Crippen LogP contribution in [0.3, 0.4) is 0 Å². The third-order valence-corrected chi connectivity index (χ3v) is 4.13. The summed E-state index contributed by atoms with van der Waals surface area (Å²) in [7, 11) is 1.73. The maximum atomic E-state index is 11.9. The molecule has 18 heavy (non-hydrogen) atoms. The summed E-state index contributed by atoms with van der Waals surface area (Å²) >= 11 is 7.92. The van der Waals surface area contributed by atoms with E-state index in [0.29, 0.717) is 15.8 Å². The molecule has 0 saturated heterocycles. The van der Waals surface area contributed by atoms with Gasteiger partial charge >= 0.3 is 0 Å². The van der Waals surface area contributed by atoms with Crippen LogP contribution < -0.4 is 10.6 Å². The van der Waals surface area contributed by atoms with E-state index in [2.05, 4.69) is 52.7 Å². The maximum absolute atomic E-state index is 11.9. The molecule has 0 radical (unpaired) electrons.